The SMILES string of the molecule is CC(C)(C)COC(=O)N[C@@H]1CC[C@H]2CCCC[C@@H]2C1. The van der Waals surface area contributed by atoms with Gasteiger partial charge >= 0.3 is 6.09 Å². The highest BCUT2D eigenvalue weighted by atomic mass is 16.5. The van der Waals surface area contributed by atoms with Crippen LogP contribution in [0.1, 0.15) is 65.7 Å². The first kappa shape index (κ1) is 14.7. The smallest absolute Gasteiger partial charge is 0.407 e. The second-order valence-electron chi connectivity index (χ2n) is 7.60. The summed E-state index contributed by atoms with van der Waals surface area (Å²) in [5.41, 5.74) is 0.0400. The second kappa shape index (κ2) is 6.15. The molecule has 2 aliphatic rings. The van der Waals surface area contributed by atoms with E-state index in [4.69, 9.17) is 4.74 Å². The third kappa shape index (κ3) is 4.70. The predicted octanol–water partition coefficient (Wildman–Crippen LogP) is 4.12. The first-order chi connectivity index (χ1) is 8.94. The van der Waals surface area contributed by atoms with E-state index in [1.807, 2.05) is 0 Å². The van der Waals surface area contributed by atoms with Crippen LogP contribution in [-0.4, -0.2) is 18.7 Å². The Morgan fingerprint density at radius 2 is 1.79 bits per heavy atom. The van der Waals surface area contributed by atoms with Crippen LogP contribution in [0.5, 0.6) is 0 Å². The summed E-state index contributed by atoms with van der Waals surface area (Å²) >= 11 is 0. The maximum Gasteiger partial charge on any atom is 0.407 e. The van der Waals surface area contributed by atoms with Crippen molar-refractivity contribution in [3.8, 4) is 0 Å². The van der Waals surface area contributed by atoms with Crippen molar-refractivity contribution in [2.24, 2.45) is 17.3 Å². The number of fused-ring (bicyclic) bond motifs is 1. The highest BCUT2D eigenvalue weighted by molar-refractivity contribution is 5.67. The summed E-state index contributed by atoms with van der Waals surface area (Å²) in [6, 6.07) is 0.340. The number of hydrogen-bond acceptors (Lipinski definition) is 2. The fourth-order valence-electron chi connectivity index (χ4n) is 3.49. The minimum atomic E-state index is -0.228. The van der Waals surface area contributed by atoms with Crippen LogP contribution in [0.4, 0.5) is 4.79 Å². The molecular formula is C16H29NO2. The molecule has 19 heavy (non-hydrogen) atoms. The molecule has 0 aliphatic heterocycles. The predicted molar refractivity (Wildman–Crippen MR) is 77.0 cm³/mol. The largest absolute Gasteiger partial charge is 0.449 e. The lowest BCUT2D eigenvalue weighted by Crippen LogP contribution is -2.42. The zero-order valence-corrected chi connectivity index (χ0v) is 12.7. The van der Waals surface area contributed by atoms with E-state index in [1.54, 1.807) is 0 Å². The van der Waals surface area contributed by atoms with Crippen molar-refractivity contribution >= 4 is 6.09 Å². The molecule has 2 saturated carbocycles. The quantitative estimate of drug-likeness (QED) is 0.817. The highest BCUT2D eigenvalue weighted by Gasteiger charge is 2.32. The lowest BCUT2D eigenvalue weighted by molar-refractivity contribution is 0.0922. The van der Waals surface area contributed by atoms with Crippen LogP contribution in [0, 0.1) is 17.3 Å². The number of carbonyl (C=O) groups excluding carboxylic acids is 1. The van der Waals surface area contributed by atoms with Gasteiger partial charge < -0.3 is 10.1 Å². The molecule has 3 nitrogen and oxygen atoms in total. The molecule has 2 rings (SSSR count). The Balaban J connectivity index is 1.72. The van der Waals surface area contributed by atoms with Crippen LogP contribution in [-0.2, 0) is 4.74 Å². The molecule has 0 aromatic carbocycles. The summed E-state index contributed by atoms with van der Waals surface area (Å²) in [4.78, 5) is 11.8. The molecule has 3 heteroatoms. The average Bonchev–Trinajstić information content (AvgIpc) is 2.35. The van der Waals surface area contributed by atoms with Gasteiger partial charge in [-0.1, -0.05) is 46.5 Å². The van der Waals surface area contributed by atoms with Crippen LogP contribution in [0.15, 0.2) is 0 Å². The van der Waals surface area contributed by atoms with E-state index in [-0.39, 0.29) is 11.5 Å². The number of amides is 1. The number of ether oxygens (including phenoxy) is 1. The van der Waals surface area contributed by atoms with Crippen molar-refractivity contribution in [3.63, 3.8) is 0 Å². The third-order valence-corrected chi connectivity index (χ3v) is 4.50. The van der Waals surface area contributed by atoms with Gasteiger partial charge in [-0.05, 0) is 36.5 Å². The van der Waals surface area contributed by atoms with E-state index in [0.29, 0.717) is 12.6 Å². The average molecular weight is 267 g/mol. The number of carbonyl (C=O) groups is 1. The summed E-state index contributed by atoms with van der Waals surface area (Å²) in [5, 5.41) is 3.06. The van der Waals surface area contributed by atoms with Gasteiger partial charge in [-0.3, -0.25) is 0 Å². The van der Waals surface area contributed by atoms with Gasteiger partial charge in [0.05, 0.1) is 6.61 Å². The van der Waals surface area contributed by atoms with Crippen molar-refractivity contribution in [2.45, 2.75) is 71.8 Å². The maximum atomic E-state index is 11.8. The molecule has 0 saturated heterocycles. The fraction of sp³-hybridized carbons (Fsp3) is 0.938. The lowest BCUT2D eigenvalue weighted by Gasteiger charge is -2.39. The lowest BCUT2D eigenvalue weighted by atomic mass is 9.69. The Morgan fingerprint density at radius 3 is 2.47 bits per heavy atom. The van der Waals surface area contributed by atoms with Crippen LogP contribution >= 0.6 is 0 Å². The Bertz CT molecular complexity index is 308. The molecule has 0 spiro atoms. The molecule has 3 atom stereocenters. The van der Waals surface area contributed by atoms with Crippen LogP contribution < -0.4 is 5.32 Å². The van der Waals surface area contributed by atoms with Crippen LogP contribution in [0.25, 0.3) is 0 Å². The zero-order valence-electron chi connectivity index (χ0n) is 12.7. The molecular weight excluding hydrogens is 238 g/mol. The zero-order chi connectivity index (χ0) is 13.9. The number of alkyl carbamates (subject to hydrolysis) is 1. The summed E-state index contributed by atoms with van der Waals surface area (Å²) in [7, 11) is 0. The van der Waals surface area contributed by atoms with Crippen LogP contribution in [0.2, 0.25) is 0 Å². The van der Waals surface area contributed by atoms with E-state index in [1.165, 1.54) is 32.1 Å². The minimum absolute atomic E-state index is 0.0400. The fourth-order valence-corrected chi connectivity index (χ4v) is 3.49. The van der Waals surface area contributed by atoms with Gasteiger partial charge in [0, 0.05) is 6.04 Å². The second-order valence-corrected chi connectivity index (χ2v) is 7.60. The molecule has 2 fully saturated rings. The first-order valence-corrected chi connectivity index (χ1v) is 7.87. The van der Waals surface area contributed by atoms with Crippen molar-refractivity contribution < 1.29 is 9.53 Å². The summed E-state index contributed by atoms with van der Waals surface area (Å²) in [6.45, 7) is 6.71. The van der Waals surface area contributed by atoms with Gasteiger partial charge in [0.25, 0.3) is 0 Å². The van der Waals surface area contributed by atoms with E-state index < -0.39 is 0 Å². The third-order valence-electron chi connectivity index (χ3n) is 4.50. The Labute approximate surface area is 117 Å². The molecule has 0 unspecified atom stereocenters. The Kier molecular flexibility index (Phi) is 4.75. The monoisotopic (exact) mass is 267 g/mol. The summed E-state index contributed by atoms with van der Waals surface area (Å²) < 4.78 is 5.30. The van der Waals surface area contributed by atoms with Crippen molar-refractivity contribution in [1.82, 2.24) is 5.32 Å². The Hall–Kier alpha value is -0.730. The molecule has 0 radical (unpaired) electrons. The highest BCUT2D eigenvalue weighted by Crippen LogP contribution is 2.40. The first-order valence-electron chi connectivity index (χ1n) is 7.87. The Morgan fingerprint density at radius 1 is 1.11 bits per heavy atom. The summed E-state index contributed by atoms with van der Waals surface area (Å²) in [5.74, 6) is 1.77. The van der Waals surface area contributed by atoms with Crippen molar-refractivity contribution in [3.05, 3.63) is 0 Å². The number of rotatable bonds is 2. The van der Waals surface area contributed by atoms with Gasteiger partial charge in [-0.15, -0.1) is 0 Å². The molecule has 0 bridgehead atoms. The normalized spacial score (nSPS) is 31.4. The molecule has 1 amide bonds. The van der Waals surface area contributed by atoms with Gasteiger partial charge in [-0.25, -0.2) is 4.79 Å². The van der Waals surface area contributed by atoms with Crippen molar-refractivity contribution in [2.75, 3.05) is 6.61 Å². The topological polar surface area (TPSA) is 38.3 Å². The molecule has 0 aromatic rings. The van der Waals surface area contributed by atoms with E-state index in [2.05, 4.69) is 26.1 Å². The molecule has 0 aromatic heterocycles. The van der Waals surface area contributed by atoms with Crippen molar-refractivity contribution in [1.29, 1.82) is 0 Å². The van der Waals surface area contributed by atoms with E-state index >= 15 is 0 Å². The standard InChI is InChI=1S/C16H29NO2/c1-16(2,3)11-19-15(18)17-14-9-8-12-6-4-5-7-13(12)10-14/h12-14H,4-11H2,1-3H3,(H,17,18)/t12-,13-,14-/m1/s1. The molecule has 1 N–H and O–H groups in total. The van der Waals surface area contributed by atoms with Gasteiger partial charge in [-0.2, -0.15) is 0 Å². The minimum Gasteiger partial charge on any atom is -0.449 e. The van der Waals surface area contributed by atoms with E-state index in [0.717, 1.165) is 24.7 Å². The summed E-state index contributed by atoms with van der Waals surface area (Å²) in [6.07, 6.45) is 8.91. The molecule has 110 valence electrons. The number of nitrogens with one attached hydrogen (secondary N) is 1. The van der Waals surface area contributed by atoms with Gasteiger partial charge in [0.15, 0.2) is 0 Å². The van der Waals surface area contributed by atoms with Gasteiger partial charge in [0.2, 0.25) is 0 Å². The van der Waals surface area contributed by atoms with E-state index in [9.17, 15) is 4.79 Å². The van der Waals surface area contributed by atoms with Gasteiger partial charge in [0.1, 0.15) is 0 Å². The molecule has 0 heterocycles. The molecule has 2 aliphatic carbocycles. The number of hydrogen-bond donors (Lipinski definition) is 1. The van der Waals surface area contributed by atoms with Crippen LogP contribution in [0.3, 0.4) is 0 Å². The maximum absolute atomic E-state index is 11.8.